The normalized spacial score (nSPS) is 21.8. The van der Waals surface area contributed by atoms with Crippen LogP contribution in [0.15, 0.2) is 108 Å². The first-order chi connectivity index (χ1) is 23.2. The van der Waals surface area contributed by atoms with Crippen molar-refractivity contribution in [1.82, 2.24) is 14.4 Å². The van der Waals surface area contributed by atoms with Crippen molar-refractivity contribution in [3.8, 4) is 11.5 Å². The van der Waals surface area contributed by atoms with Crippen LogP contribution < -0.4 is 13.8 Å². The predicted octanol–water partition coefficient (Wildman–Crippen LogP) is 4.60. The molecule has 0 spiro atoms. The monoisotopic (exact) mass is 662 g/mol. The maximum Gasteiger partial charge on any atom is 0.266 e. The Labute approximate surface area is 278 Å². The van der Waals surface area contributed by atoms with Crippen LogP contribution in [0.3, 0.4) is 0 Å². The summed E-state index contributed by atoms with van der Waals surface area (Å²) < 4.78 is 44.1. The van der Waals surface area contributed by atoms with Gasteiger partial charge in [-0.2, -0.15) is 0 Å². The molecule has 4 aromatic carbocycles. The highest BCUT2D eigenvalue weighted by atomic mass is 32.2. The zero-order valence-electron chi connectivity index (χ0n) is 26.7. The van der Waals surface area contributed by atoms with E-state index < -0.39 is 27.6 Å². The zero-order valence-corrected chi connectivity index (χ0v) is 27.6. The van der Waals surface area contributed by atoms with Crippen LogP contribution in [-0.2, 0) is 31.6 Å². The molecule has 0 bridgehead atoms. The molecule has 244 valence electrons. The standard InChI is InChI=1S/C37H34N4O6S/c1-38-23-34(42)40-33(35(38)43)20-37(29-14-8-10-16-32(29)41(36(37)40)48(44,45)27-11-5-4-6-12-27)30-22-39(31-15-9-7-13-28(30)31)21-24-17-25(46-2)19-26(18-24)47-3/h4-19,22,33,36H,20-21,23H2,1-3H3/t33-,36-,37+/m0/s1. The zero-order chi connectivity index (χ0) is 33.4. The maximum atomic E-state index is 14.7. The third kappa shape index (κ3) is 4.19. The second kappa shape index (κ2) is 10.9. The third-order valence-electron chi connectivity index (χ3n) is 10.1. The van der Waals surface area contributed by atoms with Crippen LogP contribution in [0.2, 0.25) is 0 Å². The summed E-state index contributed by atoms with van der Waals surface area (Å²) in [5.74, 6) is 0.840. The van der Waals surface area contributed by atoms with E-state index in [9.17, 15) is 18.0 Å². The SMILES string of the molecule is COc1cc(Cn2cc([C@]34C[C@H]5C(=O)N(C)CC(=O)N5[C@H]3N(S(=O)(=O)c3ccccc3)c3ccccc34)c3ccccc32)cc(OC)c1. The van der Waals surface area contributed by atoms with Crippen molar-refractivity contribution in [2.24, 2.45) is 0 Å². The molecule has 5 aromatic rings. The van der Waals surface area contributed by atoms with E-state index in [1.165, 1.54) is 9.21 Å². The van der Waals surface area contributed by atoms with Crippen LogP contribution in [0.5, 0.6) is 11.5 Å². The Morgan fingerprint density at radius 3 is 2.23 bits per heavy atom. The molecule has 1 aromatic heterocycles. The van der Waals surface area contributed by atoms with Crippen molar-refractivity contribution in [2.45, 2.75) is 35.5 Å². The van der Waals surface area contributed by atoms with E-state index in [0.717, 1.165) is 27.6 Å². The number of aromatic nitrogens is 1. The minimum Gasteiger partial charge on any atom is -0.497 e. The summed E-state index contributed by atoms with van der Waals surface area (Å²) >= 11 is 0. The molecule has 0 saturated carbocycles. The summed E-state index contributed by atoms with van der Waals surface area (Å²) in [7, 11) is 0.664. The van der Waals surface area contributed by atoms with E-state index >= 15 is 0 Å². The second-order valence-electron chi connectivity index (χ2n) is 12.6. The van der Waals surface area contributed by atoms with Gasteiger partial charge in [0.15, 0.2) is 0 Å². The molecule has 4 heterocycles. The molecule has 10 nitrogen and oxygen atoms in total. The molecule has 48 heavy (non-hydrogen) atoms. The summed E-state index contributed by atoms with van der Waals surface area (Å²) in [4.78, 5) is 31.0. The second-order valence-corrected chi connectivity index (χ2v) is 14.4. The van der Waals surface area contributed by atoms with E-state index in [-0.39, 0.29) is 29.7 Å². The minimum absolute atomic E-state index is 0.112. The van der Waals surface area contributed by atoms with Crippen molar-refractivity contribution in [1.29, 1.82) is 0 Å². The average Bonchev–Trinajstić information content (AvgIpc) is 3.74. The molecule has 0 N–H and O–H groups in total. The highest BCUT2D eigenvalue weighted by Gasteiger charge is 2.68. The first-order valence-corrected chi connectivity index (χ1v) is 17.2. The number of nitrogens with zero attached hydrogens (tertiary/aromatic N) is 4. The molecule has 2 fully saturated rings. The molecule has 3 atom stereocenters. The van der Waals surface area contributed by atoms with Crippen LogP contribution in [0.1, 0.15) is 23.1 Å². The molecule has 11 heteroatoms. The van der Waals surface area contributed by atoms with Gasteiger partial charge >= 0.3 is 0 Å². The minimum atomic E-state index is -4.19. The molecule has 3 aliphatic rings. The fourth-order valence-electron chi connectivity index (χ4n) is 8.04. The Kier molecular flexibility index (Phi) is 6.82. The van der Waals surface area contributed by atoms with E-state index in [0.29, 0.717) is 23.7 Å². The lowest BCUT2D eigenvalue weighted by Gasteiger charge is -2.41. The quantitative estimate of drug-likeness (QED) is 0.253. The third-order valence-corrected chi connectivity index (χ3v) is 11.8. The van der Waals surface area contributed by atoms with Gasteiger partial charge in [-0.05, 0) is 59.5 Å². The molecular weight excluding hydrogens is 628 g/mol. The Bertz CT molecular complexity index is 2200. The maximum absolute atomic E-state index is 14.7. The average molecular weight is 663 g/mol. The van der Waals surface area contributed by atoms with Crippen LogP contribution in [0.25, 0.3) is 10.9 Å². The van der Waals surface area contributed by atoms with Gasteiger partial charge in [0.25, 0.3) is 10.0 Å². The molecule has 2 saturated heterocycles. The molecule has 2 amide bonds. The number of piperazine rings is 1. The Hall–Kier alpha value is -5.29. The first-order valence-electron chi connectivity index (χ1n) is 15.7. The fourth-order valence-corrected chi connectivity index (χ4v) is 9.73. The van der Waals surface area contributed by atoms with Crippen LogP contribution in [0, 0.1) is 0 Å². The van der Waals surface area contributed by atoms with Crippen molar-refractivity contribution in [3.63, 3.8) is 0 Å². The van der Waals surface area contributed by atoms with Crippen LogP contribution >= 0.6 is 0 Å². The number of carbonyl (C=O) groups is 2. The van der Waals surface area contributed by atoms with E-state index in [4.69, 9.17) is 9.47 Å². The molecule has 3 aliphatic heterocycles. The summed E-state index contributed by atoms with van der Waals surface area (Å²) in [6.45, 7) is 0.340. The van der Waals surface area contributed by atoms with E-state index in [1.54, 1.807) is 62.6 Å². The number of ether oxygens (including phenoxy) is 2. The van der Waals surface area contributed by atoms with Crippen molar-refractivity contribution < 1.29 is 27.5 Å². The van der Waals surface area contributed by atoms with Gasteiger partial charge in [0.1, 0.15) is 23.7 Å². The number of amides is 2. The fraction of sp³-hybridized carbons (Fsp3) is 0.243. The van der Waals surface area contributed by atoms with Gasteiger partial charge in [-0.15, -0.1) is 0 Å². The van der Waals surface area contributed by atoms with Gasteiger partial charge in [0.05, 0.1) is 36.8 Å². The Morgan fingerprint density at radius 2 is 1.50 bits per heavy atom. The molecule has 8 rings (SSSR count). The van der Waals surface area contributed by atoms with E-state index in [2.05, 4.69) is 10.8 Å². The largest absolute Gasteiger partial charge is 0.497 e. The van der Waals surface area contributed by atoms with Crippen LogP contribution in [-0.4, -0.2) is 74.6 Å². The summed E-state index contributed by atoms with van der Waals surface area (Å²) in [5.41, 5.74) is 2.94. The Balaban J connectivity index is 1.40. The topological polar surface area (TPSA) is 101 Å². The number of anilines is 1. The molecule has 0 radical (unpaired) electrons. The lowest BCUT2D eigenvalue weighted by Crippen LogP contribution is -2.62. The van der Waals surface area contributed by atoms with Crippen LogP contribution in [0.4, 0.5) is 5.69 Å². The number of rotatable bonds is 7. The number of hydrogen-bond donors (Lipinski definition) is 0. The first kappa shape index (κ1) is 30.1. The number of para-hydroxylation sites is 2. The van der Waals surface area contributed by atoms with Gasteiger partial charge in [-0.1, -0.05) is 54.6 Å². The summed E-state index contributed by atoms with van der Waals surface area (Å²) in [5, 5.41) is 0.916. The Morgan fingerprint density at radius 1 is 0.833 bits per heavy atom. The lowest BCUT2D eigenvalue weighted by atomic mass is 9.72. The van der Waals surface area contributed by atoms with Gasteiger partial charge in [0.2, 0.25) is 11.8 Å². The summed E-state index contributed by atoms with van der Waals surface area (Å²) in [6.07, 6.45) is 1.29. The van der Waals surface area contributed by atoms with Gasteiger partial charge in [-0.25, -0.2) is 12.7 Å². The highest BCUT2D eigenvalue weighted by molar-refractivity contribution is 7.92. The smallest absolute Gasteiger partial charge is 0.266 e. The predicted molar refractivity (Wildman–Crippen MR) is 181 cm³/mol. The van der Waals surface area contributed by atoms with Gasteiger partial charge in [-0.3, -0.25) is 9.59 Å². The number of likely N-dealkylation sites (N-methyl/N-ethyl adjacent to an activating group) is 1. The number of fused-ring (bicyclic) bond motifs is 6. The number of carbonyl (C=O) groups excluding carboxylic acids is 2. The lowest BCUT2D eigenvalue weighted by molar-refractivity contribution is -0.153. The molecule has 0 unspecified atom stereocenters. The van der Waals surface area contributed by atoms with Crippen molar-refractivity contribution in [2.75, 3.05) is 32.1 Å². The summed E-state index contributed by atoms with van der Waals surface area (Å²) in [6, 6.07) is 28.6. The number of methoxy groups -OCH3 is 2. The van der Waals surface area contributed by atoms with Crippen molar-refractivity contribution in [3.05, 3.63) is 120 Å². The van der Waals surface area contributed by atoms with Gasteiger partial charge in [0, 0.05) is 36.8 Å². The van der Waals surface area contributed by atoms with E-state index in [1.807, 2.05) is 60.7 Å². The number of benzene rings is 4. The van der Waals surface area contributed by atoms with Crippen molar-refractivity contribution >= 4 is 38.4 Å². The molecular formula is C37H34N4O6S. The van der Waals surface area contributed by atoms with Gasteiger partial charge < -0.3 is 23.8 Å². The number of hydrogen-bond acceptors (Lipinski definition) is 6. The number of sulfonamides is 1. The highest BCUT2D eigenvalue weighted by Crippen LogP contribution is 2.60. The molecule has 0 aliphatic carbocycles.